The second-order valence-corrected chi connectivity index (χ2v) is 2.96. The van der Waals surface area contributed by atoms with E-state index in [-0.39, 0.29) is 0 Å². The van der Waals surface area contributed by atoms with Gasteiger partial charge < -0.3 is 0 Å². The van der Waals surface area contributed by atoms with E-state index in [4.69, 9.17) is 3.88 Å². The molecule has 0 radical (unpaired) electrons. The summed E-state index contributed by atoms with van der Waals surface area (Å²) in [5.74, 6) is 0.702. The summed E-state index contributed by atoms with van der Waals surface area (Å²) >= 11 is 4.18. The number of hydrogen-bond donors (Lipinski definition) is 0. The Hall–Kier alpha value is 0.454. The molecule has 1 nitrogen and oxygen atoms in total. The molecule has 65 valence electrons. The number of rotatable bonds is 6. The molecule has 0 amide bonds. The maximum absolute atomic E-state index is 4.72. The Bertz CT molecular complexity index is 66.3. The van der Waals surface area contributed by atoms with Gasteiger partial charge in [0.25, 0.3) is 0 Å². The standard InChI is InChI=1S/C8H17O.Ni/c1-3-5-6-8(4-2)7-9;/h8H,3-7H2,1-2H3;/q-1;+1. The van der Waals surface area contributed by atoms with Crippen molar-refractivity contribution >= 4 is 0 Å². The molecule has 1 unspecified atom stereocenters. The summed E-state index contributed by atoms with van der Waals surface area (Å²) in [6.45, 7) is 5.18. The molecule has 0 bridgehead atoms. The molecule has 0 N–H and O–H groups in total. The zero-order valence-electron chi connectivity index (χ0n) is 6.84. The van der Waals surface area contributed by atoms with Gasteiger partial charge in [-0.05, 0) is 0 Å². The summed E-state index contributed by atoms with van der Waals surface area (Å²) < 4.78 is 4.72. The summed E-state index contributed by atoms with van der Waals surface area (Å²) in [7, 11) is 0. The Labute approximate surface area is 72.2 Å². The average molecular weight is 188 g/mol. The Balaban J connectivity index is 3.21. The third-order valence-electron chi connectivity index (χ3n) is 1.83. The fourth-order valence-electron chi connectivity index (χ4n) is 0.973. The van der Waals surface area contributed by atoms with E-state index in [9.17, 15) is 0 Å². The molecule has 0 saturated heterocycles. The van der Waals surface area contributed by atoms with Crippen LogP contribution in [0.3, 0.4) is 0 Å². The quantitative estimate of drug-likeness (QED) is 0.582. The minimum absolute atomic E-state index is 0.702. The molecule has 0 aromatic carbocycles. The molecule has 0 aromatic rings. The van der Waals surface area contributed by atoms with Crippen LogP contribution in [0.2, 0.25) is 0 Å². The van der Waals surface area contributed by atoms with Crippen LogP contribution in [0, 0.1) is 5.92 Å². The summed E-state index contributed by atoms with van der Waals surface area (Å²) in [6.07, 6.45) is 5.05. The molecule has 0 heterocycles. The van der Waals surface area contributed by atoms with Crippen LogP contribution in [0.4, 0.5) is 0 Å². The Morgan fingerprint density at radius 2 is 2.10 bits per heavy atom. The molecule has 0 aliphatic carbocycles. The van der Waals surface area contributed by atoms with Gasteiger partial charge in [0.05, 0.1) is 0 Å². The van der Waals surface area contributed by atoms with Gasteiger partial charge in [0.2, 0.25) is 0 Å². The van der Waals surface area contributed by atoms with Crippen LogP contribution in [0.15, 0.2) is 0 Å². The van der Waals surface area contributed by atoms with E-state index in [1.807, 2.05) is 0 Å². The van der Waals surface area contributed by atoms with Gasteiger partial charge >= 0.3 is 71.7 Å². The zero-order chi connectivity index (χ0) is 7.82. The van der Waals surface area contributed by atoms with Gasteiger partial charge in [0.1, 0.15) is 0 Å². The van der Waals surface area contributed by atoms with E-state index >= 15 is 0 Å². The van der Waals surface area contributed by atoms with Crippen LogP contribution in [0.5, 0.6) is 0 Å². The Morgan fingerprint density at radius 3 is 2.50 bits per heavy atom. The summed E-state index contributed by atoms with van der Waals surface area (Å²) in [4.78, 5) is 0. The molecule has 0 aliphatic rings. The molecule has 0 fully saturated rings. The van der Waals surface area contributed by atoms with E-state index in [2.05, 4.69) is 29.6 Å². The number of unbranched alkanes of at least 4 members (excludes halogenated alkanes) is 1. The van der Waals surface area contributed by atoms with E-state index < -0.39 is 0 Å². The zero-order valence-corrected chi connectivity index (χ0v) is 7.82. The summed E-state index contributed by atoms with van der Waals surface area (Å²) in [5.41, 5.74) is 0. The molecule has 0 aliphatic heterocycles. The van der Waals surface area contributed by atoms with Crippen molar-refractivity contribution in [3.8, 4) is 0 Å². The third-order valence-corrected chi connectivity index (χ3v) is 2.00. The van der Waals surface area contributed by atoms with Crippen LogP contribution in [-0.4, -0.2) is 6.61 Å². The van der Waals surface area contributed by atoms with Crippen LogP contribution in [0.25, 0.3) is 0 Å². The predicted molar refractivity (Wildman–Crippen MR) is 39.3 cm³/mol. The van der Waals surface area contributed by atoms with E-state index in [0.29, 0.717) is 5.92 Å². The van der Waals surface area contributed by atoms with E-state index in [0.717, 1.165) is 6.61 Å². The molecule has 0 spiro atoms. The van der Waals surface area contributed by atoms with Crippen molar-refractivity contribution in [2.24, 2.45) is 5.92 Å². The van der Waals surface area contributed by atoms with Crippen molar-refractivity contribution in [2.75, 3.05) is 6.61 Å². The minimum atomic E-state index is 0.702. The first kappa shape index (κ1) is 10.5. The van der Waals surface area contributed by atoms with Crippen LogP contribution in [0.1, 0.15) is 39.5 Å². The van der Waals surface area contributed by atoms with Crippen LogP contribution >= 0.6 is 0 Å². The number of hydrogen-bond acceptors (Lipinski definition) is 1. The third kappa shape index (κ3) is 5.25. The predicted octanol–water partition coefficient (Wildman–Crippen LogP) is 2.68. The molecule has 0 rings (SSSR count). The average Bonchev–Trinajstić information content (AvgIpc) is 1.98. The summed E-state index contributed by atoms with van der Waals surface area (Å²) in [5, 5.41) is 0. The monoisotopic (exact) mass is 187 g/mol. The van der Waals surface area contributed by atoms with Crippen molar-refractivity contribution in [1.29, 1.82) is 0 Å². The van der Waals surface area contributed by atoms with Gasteiger partial charge in [-0.25, -0.2) is 0 Å². The van der Waals surface area contributed by atoms with E-state index in [1.54, 1.807) is 0 Å². The van der Waals surface area contributed by atoms with Gasteiger partial charge in [0.15, 0.2) is 0 Å². The second kappa shape index (κ2) is 7.56. The van der Waals surface area contributed by atoms with Crippen LogP contribution < -0.4 is 0 Å². The first-order valence-corrected chi connectivity index (χ1v) is 4.46. The fourth-order valence-corrected chi connectivity index (χ4v) is 1.21. The van der Waals surface area contributed by atoms with Crippen molar-refractivity contribution in [3.05, 3.63) is 0 Å². The van der Waals surface area contributed by atoms with Crippen molar-refractivity contribution in [3.63, 3.8) is 0 Å². The molecule has 2 heteroatoms. The topological polar surface area (TPSA) is 9.23 Å². The fraction of sp³-hybridized carbons (Fsp3) is 1.00. The Kier molecular flexibility index (Phi) is 7.90. The Morgan fingerprint density at radius 1 is 1.40 bits per heavy atom. The van der Waals surface area contributed by atoms with Crippen molar-refractivity contribution < 1.29 is 19.7 Å². The van der Waals surface area contributed by atoms with Gasteiger partial charge in [-0.15, -0.1) is 0 Å². The van der Waals surface area contributed by atoms with Gasteiger partial charge in [-0.2, -0.15) is 0 Å². The first-order chi connectivity index (χ1) is 4.85. The van der Waals surface area contributed by atoms with Gasteiger partial charge in [0, 0.05) is 0 Å². The van der Waals surface area contributed by atoms with Crippen LogP contribution in [-0.2, 0) is 19.7 Å². The molecule has 1 atom stereocenters. The summed E-state index contributed by atoms with van der Waals surface area (Å²) in [6, 6.07) is 0. The first-order valence-electron chi connectivity index (χ1n) is 4.06. The van der Waals surface area contributed by atoms with E-state index in [1.165, 1.54) is 25.7 Å². The van der Waals surface area contributed by atoms with Crippen molar-refractivity contribution in [2.45, 2.75) is 39.5 Å². The molecule has 0 aromatic heterocycles. The maximum atomic E-state index is 4.72. The van der Waals surface area contributed by atoms with Gasteiger partial charge in [-0.3, -0.25) is 0 Å². The SMILES string of the molecule is CCCCC(CC)C[O][Ni]. The normalized spacial score (nSPS) is 13.6. The van der Waals surface area contributed by atoms with Gasteiger partial charge in [-0.1, -0.05) is 0 Å². The second-order valence-electron chi connectivity index (χ2n) is 2.67. The van der Waals surface area contributed by atoms with Crippen molar-refractivity contribution in [1.82, 2.24) is 0 Å². The molecular weight excluding hydrogens is 171 g/mol. The molecule has 10 heavy (non-hydrogen) atoms. The molecular formula is C8H17NiO. The molecule has 0 saturated carbocycles.